The van der Waals surface area contributed by atoms with Crippen molar-refractivity contribution in [1.29, 1.82) is 0 Å². The van der Waals surface area contributed by atoms with Crippen molar-refractivity contribution < 1.29 is 4.79 Å². The van der Waals surface area contributed by atoms with Crippen LogP contribution in [0, 0.1) is 20.8 Å². The third-order valence-electron chi connectivity index (χ3n) is 3.87. The Morgan fingerprint density at radius 3 is 2.59 bits per heavy atom. The number of halogens is 1. The van der Waals surface area contributed by atoms with Crippen LogP contribution in [0.4, 0.5) is 5.69 Å². The van der Waals surface area contributed by atoms with Gasteiger partial charge in [-0.3, -0.25) is 4.79 Å². The molecule has 1 aromatic heterocycles. The topological polar surface area (TPSA) is 44.9 Å². The molecular formula is C18H17ClN2O. The van der Waals surface area contributed by atoms with Gasteiger partial charge in [-0.1, -0.05) is 29.3 Å². The molecule has 4 heteroatoms. The van der Waals surface area contributed by atoms with E-state index < -0.39 is 0 Å². The van der Waals surface area contributed by atoms with E-state index in [4.69, 9.17) is 11.6 Å². The first-order valence-electron chi connectivity index (χ1n) is 7.12. The summed E-state index contributed by atoms with van der Waals surface area (Å²) in [7, 11) is 0. The average Bonchev–Trinajstić information content (AvgIpc) is 2.80. The second-order valence-electron chi connectivity index (χ2n) is 5.59. The molecule has 0 atom stereocenters. The molecule has 0 saturated carbocycles. The molecule has 0 unspecified atom stereocenters. The summed E-state index contributed by atoms with van der Waals surface area (Å²) < 4.78 is 0. The smallest absolute Gasteiger partial charge is 0.272 e. The standard InChI is InChI=1S/C18H17ClN2O/c1-10-4-7-16-14(8-10)12(3)17(21-16)18(22)20-13-6-5-11(2)15(19)9-13/h4-9,21H,1-3H3,(H,20,22). The van der Waals surface area contributed by atoms with E-state index in [-0.39, 0.29) is 5.91 Å². The molecule has 0 spiro atoms. The van der Waals surface area contributed by atoms with Gasteiger partial charge in [-0.15, -0.1) is 0 Å². The predicted molar refractivity (Wildman–Crippen MR) is 91.9 cm³/mol. The molecule has 1 amide bonds. The Kier molecular flexibility index (Phi) is 3.67. The minimum atomic E-state index is -0.161. The summed E-state index contributed by atoms with van der Waals surface area (Å²) in [6.07, 6.45) is 0. The SMILES string of the molecule is Cc1ccc2[nH]c(C(=O)Nc3ccc(C)c(Cl)c3)c(C)c2c1. The highest BCUT2D eigenvalue weighted by Crippen LogP contribution is 2.25. The predicted octanol–water partition coefficient (Wildman–Crippen LogP) is 5.00. The van der Waals surface area contributed by atoms with Gasteiger partial charge in [0, 0.05) is 21.6 Å². The van der Waals surface area contributed by atoms with Gasteiger partial charge >= 0.3 is 0 Å². The van der Waals surface area contributed by atoms with Gasteiger partial charge < -0.3 is 10.3 Å². The van der Waals surface area contributed by atoms with E-state index in [9.17, 15) is 4.79 Å². The van der Waals surface area contributed by atoms with Crippen molar-refractivity contribution in [3.8, 4) is 0 Å². The molecule has 2 N–H and O–H groups in total. The fourth-order valence-corrected chi connectivity index (χ4v) is 2.71. The zero-order chi connectivity index (χ0) is 15.9. The lowest BCUT2D eigenvalue weighted by atomic mass is 10.1. The Morgan fingerprint density at radius 2 is 1.86 bits per heavy atom. The molecular weight excluding hydrogens is 296 g/mol. The molecule has 22 heavy (non-hydrogen) atoms. The molecule has 0 radical (unpaired) electrons. The van der Waals surface area contributed by atoms with Gasteiger partial charge in [-0.05, 0) is 56.2 Å². The van der Waals surface area contributed by atoms with E-state index >= 15 is 0 Å². The molecule has 3 rings (SSSR count). The summed E-state index contributed by atoms with van der Waals surface area (Å²) in [4.78, 5) is 15.7. The number of fused-ring (bicyclic) bond motifs is 1. The second-order valence-corrected chi connectivity index (χ2v) is 6.00. The first kappa shape index (κ1) is 14.7. The number of anilines is 1. The number of H-pyrrole nitrogens is 1. The van der Waals surface area contributed by atoms with Crippen LogP contribution in [0.3, 0.4) is 0 Å². The Balaban J connectivity index is 1.95. The highest BCUT2D eigenvalue weighted by atomic mass is 35.5. The van der Waals surface area contributed by atoms with E-state index in [1.54, 1.807) is 6.07 Å². The lowest BCUT2D eigenvalue weighted by Gasteiger charge is -2.06. The molecule has 0 bridgehead atoms. The van der Waals surface area contributed by atoms with Gasteiger partial charge in [0.05, 0.1) is 0 Å². The van der Waals surface area contributed by atoms with Crippen LogP contribution in [0.25, 0.3) is 10.9 Å². The Bertz CT molecular complexity index is 880. The summed E-state index contributed by atoms with van der Waals surface area (Å²) >= 11 is 6.10. The Hall–Kier alpha value is -2.26. The van der Waals surface area contributed by atoms with Crippen molar-refractivity contribution in [3.63, 3.8) is 0 Å². The quantitative estimate of drug-likeness (QED) is 0.687. The van der Waals surface area contributed by atoms with Crippen molar-refractivity contribution >= 4 is 34.1 Å². The zero-order valence-electron chi connectivity index (χ0n) is 12.8. The molecule has 0 fully saturated rings. The Labute approximate surface area is 134 Å². The zero-order valence-corrected chi connectivity index (χ0v) is 13.5. The van der Waals surface area contributed by atoms with Crippen LogP contribution in [0.15, 0.2) is 36.4 Å². The van der Waals surface area contributed by atoms with Gasteiger partial charge in [0.25, 0.3) is 5.91 Å². The van der Waals surface area contributed by atoms with Crippen LogP contribution in [0.5, 0.6) is 0 Å². The van der Waals surface area contributed by atoms with Gasteiger partial charge in [-0.2, -0.15) is 0 Å². The van der Waals surface area contributed by atoms with Gasteiger partial charge in [0.2, 0.25) is 0 Å². The number of hydrogen-bond acceptors (Lipinski definition) is 1. The fourth-order valence-electron chi connectivity index (χ4n) is 2.53. The van der Waals surface area contributed by atoms with Crippen LogP contribution in [0.1, 0.15) is 27.2 Å². The molecule has 0 aliphatic heterocycles. The highest BCUT2D eigenvalue weighted by Gasteiger charge is 2.15. The van der Waals surface area contributed by atoms with Gasteiger partial charge in [-0.25, -0.2) is 0 Å². The number of nitrogens with one attached hydrogen (secondary N) is 2. The third kappa shape index (κ3) is 2.60. The van der Waals surface area contributed by atoms with Crippen LogP contribution in [-0.4, -0.2) is 10.9 Å². The number of rotatable bonds is 2. The molecule has 3 aromatic rings. The molecule has 3 nitrogen and oxygen atoms in total. The lowest BCUT2D eigenvalue weighted by molar-refractivity contribution is 0.102. The molecule has 0 aliphatic rings. The molecule has 0 aliphatic carbocycles. The van der Waals surface area contributed by atoms with Crippen molar-refractivity contribution in [2.45, 2.75) is 20.8 Å². The number of aryl methyl sites for hydroxylation is 3. The van der Waals surface area contributed by atoms with Crippen LogP contribution >= 0.6 is 11.6 Å². The summed E-state index contributed by atoms with van der Waals surface area (Å²) in [5.41, 5.74) is 5.35. The van der Waals surface area contributed by atoms with Crippen LogP contribution < -0.4 is 5.32 Å². The molecule has 1 heterocycles. The van der Waals surface area contributed by atoms with Crippen LogP contribution in [0.2, 0.25) is 5.02 Å². The van der Waals surface area contributed by atoms with Gasteiger partial charge in [0.15, 0.2) is 0 Å². The fraction of sp³-hybridized carbons (Fsp3) is 0.167. The number of carbonyl (C=O) groups excluding carboxylic acids is 1. The number of carbonyl (C=O) groups is 1. The molecule has 0 saturated heterocycles. The largest absolute Gasteiger partial charge is 0.350 e. The Morgan fingerprint density at radius 1 is 1.09 bits per heavy atom. The van der Waals surface area contributed by atoms with E-state index in [1.807, 2.05) is 45.0 Å². The van der Waals surface area contributed by atoms with Gasteiger partial charge in [0.1, 0.15) is 5.69 Å². The third-order valence-corrected chi connectivity index (χ3v) is 4.28. The van der Waals surface area contributed by atoms with Crippen LogP contribution in [-0.2, 0) is 0 Å². The molecule has 112 valence electrons. The highest BCUT2D eigenvalue weighted by molar-refractivity contribution is 6.31. The summed E-state index contributed by atoms with van der Waals surface area (Å²) in [6, 6.07) is 11.6. The number of hydrogen-bond donors (Lipinski definition) is 2. The first-order valence-corrected chi connectivity index (χ1v) is 7.50. The lowest BCUT2D eigenvalue weighted by Crippen LogP contribution is -2.13. The number of aromatic amines is 1. The molecule has 2 aromatic carbocycles. The van der Waals surface area contributed by atoms with Crippen molar-refractivity contribution in [1.82, 2.24) is 4.98 Å². The van der Waals surface area contributed by atoms with E-state index in [2.05, 4.69) is 16.4 Å². The average molecular weight is 313 g/mol. The normalized spacial score (nSPS) is 10.9. The first-order chi connectivity index (χ1) is 10.5. The minimum Gasteiger partial charge on any atom is -0.350 e. The van der Waals surface area contributed by atoms with Crippen molar-refractivity contribution in [3.05, 3.63) is 63.8 Å². The maximum Gasteiger partial charge on any atom is 0.272 e. The van der Waals surface area contributed by atoms with E-state index in [0.29, 0.717) is 16.4 Å². The number of aromatic nitrogens is 1. The summed E-state index contributed by atoms with van der Waals surface area (Å²) in [5.74, 6) is -0.161. The maximum atomic E-state index is 12.5. The summed E-state index contributed by atoms with van der Waals surface area (Å²) in [6.45, 7) is 5.92. The second kappa shape index (κ2) is 5.50. The monoisotopic (exact) mass is 312 g/mol. The maximum absolute atomic E-state index is 12.5. The van der Waals surface area contributed by atoms with E-state index in [1.165, 1.54) is 5.56 Å². The van der Waals surface area contributed by atoms with Crippen molar-refractivity contribution in [2.24, 2.45) is 0 Å². The number of benzene rings is 2. The van der Waals surface area contributed by atoms with E-state index in [0.717, 1.165) is 22.0 Å². The summed E-state index contributed by atoms with van der Waals surface area (Å²) in [5, 5.41) is 4.60. The number of amides is 1. The minimum absolute atomic E-state index is 0.161. The van der Waals surface area contributed by atoms with Crippen molar-refractivity contribution in [2.75, 3.05) is 5.32 Å².